The highest BCUT2D eigenvalue weighted by Gasteiger charge is 2.11. The number of para-hydroxylation sites is 1. The molecule has 0 aliphatic carbocycles. The van der Waals surface area contributed by atoms with Gasteiger partial charge in [-0.25, -0.2) is 0 Å². The third kappa shape index (κ3) is 5.73. The molecule has 0 atom stereocenters. The summed E-state index contributed by atoms with van der Waals surface area (Å²) in [4.78, 5) is 11.5. The number of ether oxygens (including phenoxy) is 1. The van der Waals surface area contributed by atoms with Gasteiger partial charge in [-0.2, -0.15) is 0 Å². The number of hydrogen-bond acceptors (Lipinski definition) is 5. The van der Waals surface area contributed by atoms with E-state index in [2.05, 4.69) is 24.0 Å². The van der Waals surface area contributed by atoms with Crippen molar-refractivity contribution in [2.75, 3.05) is 31.7 Å². The maximum absolute atomic E-state index is 9.17. The van der Waals surface area contributed by atoms with Crippen LogP contribution in [0.25, 0.3) is 11.0 Å². The Bertz CT molecular complexity index is 697. The molecule has 0 N–H and O–H groups in total. The molecule has 0 amide bonds. The number of nitrogens with zero attached hydrogens (tertiary/aromatic N) is 1. The Morgan fingerprint density at radius 2 is 2.04 bits per heavy atom. The van der Waals surface area contributed by atoms with Gasteiger partial charge in [0.25, 0.3) is 0 Å². The minimum atomic E-state index is 0.534. The second kappa shape index (κ2) is 10.9. The summed E-state index contributed by atoms with van der Waals surface area (Å²) in [5.74, 6) is 0. The summed E-state index contributed by atoms with van der Waals surface area (Å²) < 4.78 is 11.4. The lowest BCUT2D eigenvalue weighted by molar-refractivity contribution is -0.107. The first-order chi connectivity index (χ1) is 11.6. The number of rotatable bonds is 7. The topological polar surface area (TPSA) is 42.7 Å². The van der Waals surface area contributed by atoms with Crippen molar-refractivity contribution in [1.29, 1.82) is 0 Å². The summed E-state index contributed by atoms with van der Waals surface area (Å²) in [5.41, 5.74) is 3.15. The average Bonchev–Trinajstić information content (AvgIpc) is 2.59. The molecule has 4 nitrogen and oxygen atoms in total. The molecule has 2 aromatic rings. The first-order valence-electron chi connectivity index (χ1n) is 8.29. The number of anilines is 1. The molecule has 0 fully saturated rings. The molecule has 0 bridgehead atoms. The molecule has 1 heterocycles. The third-order valence-electron chi connectivity index (χ3n) is 3.61. The molecule has 0 spiro atoms. The molecular weight excluding hydrogens is 322 g/mol. The van der Waals surface area contributed by atoms with Crippen molar-refractivity contribution in [2.45, 2.75) is 33.6 Å². The van der Waals surface area contributed by atoms with Gasteiger partial charge in [-0.05, 0) is 44.1 Å². The van der Waals surface area contributed by atoms with Crippen LogP contribution >= 0.6 is 12.2 Å². The number of aldehydes is 1. The molecule has 0 saturated carbocycles. The van der Waals surface area contributed by atoms with Crippen LogP contribution in [0.4, 0.5) is 5.69 Å². The van der Waals surface area contributed by atoms with E-state index in [0.29, 0.717) is 11.1 Å². The zero-order valence-electron chi connectivity index (χ0n) is 15.0. The van der Waals surface area contributed by atoms with E-state index in [9.17, 15) is 4.79 Å². The van der Waals surface area contributed by atoms with Crippen LogP contribution in [0.5, 0.6) is 0 Å². The van der Waals surface area contributed by atoms with Gasteiger partial charge in [-0.15, -0.1) is 0 Å². The van der Waals surface area contributed by atoms with Crippen LogP contribution in [0.1, 0.15) is 32.3 Å². The molecule has 0 aliphatic heterocycles. The Morgan fingerprint density at radius 3 is 2.62 bits per heavy atom. The van der Waals surface area contributed by atoms with Crippen molar-refractivity contribution < 1.29 is 13.9 Å². The largest absolute Gasteiger partial charge is 0.445 e. The second-order valence-corrected chi connectivity index (χ2v) is 5.81. The number of carbonyl (C=O) groups is 1. The summed E-state index contributed by atoms with van der Waals surface area (Å²) in [5, 5.41) is 1.12. The lowest BCUT2D eigenvalue weighted by atomic mass is 10.1. The van der Waals surface area contributed by atoms with Gasteiger partial charge in [-0.3, -0.25) is 0 Å². The van der Waals surface area contributed by atoms with Gasteiger partial charge < -0.3 is 18.8 Å². The number of carbonyl (C=O) groups excluding carboxylic acids is 1. The predicted molar refractivity (Wildman–Crippen MR) is 103 cm³/mol. The molecule has 0 radical (unpaired) electrons. The Labute approximate surface area is 149 Å². The van der Waals surface area contributed by atoms with Crippen LogP contribution < -0.4 is 4.90 Å². The molecule has 2 rings (SSSR count). The summed E-state index contributed by atoms with van der Waals surface area (Å²) in [6, 6.07) is 8.15. The van der Waals surface area contributed by atoms with Crippen LogP contribution in [0.3, 0.4) is 0 Å². The molecule has 1 aromatic heterocycles. The zero-order valence-corrected chi connectivity index (χ0v) is 15.8. The number of methoxy groups -OCH3 is 1. The van der Waals surface area contributed by atoms with E-state index < -0.39 is 0 Å². The van der Waals surface area contributed by atoms with Crippen LogP contribution in [-0.4, -0.2) is 33.1 Å². The Balaban J connectivity index is 0.000000648. The molecule has 0 aliphatic rings. The first kappa shape index (κ1) is 20.3. The smallest absolute Gasteiger partial charge is 0.192 e. The van der Waals surface area contributed by atoms with Gasteiger partial charge in [0.2, 0.25) is 0 Å². The Morgan fingerprint density at radius 1 is 1.33 bits per heavy atom. The van der Waals surface area contributed by atoms with Crippen molar-refractivity contribution in [3.05, 3.63) is 34.5 Å². The van der Waals surface area contributed by atoms with Crippen molar-refractivity contribution in [1.82, 2.24) is 0 Å². The van der Waals surface area contributed by atoms with Gasteiger partial charge >= 0.3 is 0 Å². The van der Waals surface area contributed by atoms with E-state index in [1.54, 1.807) is 7.11 Å². The summed E-state index contributed by atoms with van der Waals surface area (Å²) in [6.45, 7) is 8.67. The van der Waals surface area contributed by atoms with Gasteiger partial charge in [-0.1, -0.05) is 19.1 Å². The lowest BCUT2D eigenvalue weighted by Gasteiger charge is -2.24. The Hall–Kier alpha value is -1.72. The van der Waals surface area contributed by atoms with E-state index in [0.717, 1.165) is 54.6 Å². The van der Waals surface area contributed by atoms with Gasteiger partial charge in [0.1, 0.15) is 11.9 Å². The summed E-state index contributed by atoms with van der Waals surface area (Å²) in [6.07, 6.45) is 2.51. The van der Waals surface area contributed by atoms with Crippen molar-refractivity contribution in [2.24, 2.45) is 0 Å². The van der Waals surface area contributed by atoms with Crippen LogP contribution in [-0.2, 0) is 9.53 Å². The second-order valence-electron chi connectivity index (χ2n) is 5.40. The molecule has 132 valence electrons. The third-order valence-corrected chi connectivity index (χ3v) is 3.81. The highest BCUT2D eigenvalue weighted by molar-refractivity contribution is 7.71. The van der Waals surface area contributed by atoms with E-state index >= 15 is 0 Å². The van der Waals surface area contributed by atoms with Crippen molar-refractivity contribution >= 4 is 35.2 Å². The van der Waals surface area contributed by atoms with Crippen LogP contribution in [0.2, 0.25) is 0 Å². The molecule has 0 saturated heterocycles. The molecule has 24 heavy (non-hydrogen) atoms. The molecule has 5 heteroatoms. The highest BCUT2D eigenvalue weighted by Crippen LogP contribution is 2.29. The monoisotopic (exact) mass is 349 g/mol. The fraction of sp³-hybridized carbons (Fsp3) is 0.474. The minimum absolute atomic E-state index is 0.534. The van der Waals surface area contributed by atoms with Crippen LogP contribution in [0.15, 0.2) is 28.7 Å². The standard InChI is InChI=1S/C16H21NO2S.C3H6O/c1-4-17(9-6-10-18-3)14-11-15(20)19-16-12(2)7-5-8-13(14)16;1-2-3-4/h5,7-8,11H,4,6,9-10H2,1-3H3;3H,2H2,1H3. The number of aryl methyl sites for hydroxylation is 1. The highest BCUT2D eigenvalue weighted by atomic mass is 32.1. The quantitative estimate of drug-likeness (QED) is 0.403. The minimum Gasteiger partial charge on any atom is -0.445 e. The number of fused-ring (bicyclic) bond motifs is 1. The van der Waals surface area contributed by atoms with Crippen LogP contribution in [0, 0.1) is 11.6 Å². The van der Waals surface area contributed by atoms with E-state index in [4.69, 9.17) is 21.4 Å². The molecular formula is C19H27NO3S. The SMILES string of the molecule is CCC=O.CCN(CCCOC)c1cc(=S)oc2c(C)cccc12. The van der Waals surface area contributed by atoms with Gasteiger partial charge in [0.05, 0.1) is 5.69 Å². The average molecular weight is 349 g/mol. The number of hydrogen-bond donors (Lipinski definition) is 0. The Kier molecular flexibility index (Phi) is 9.27. The van der Waals surface area contributed by atoms with E-state index in [1.807, 2.05) is 26.0 Å². The number of benzene rings is 1. The van der Waals surface area contributed by atoms with Crippen molar-refractivity contribution in [3.63, 3.8) is 0 Å². The first-order valence-corrected chi connectivity index (χ1v) is 8.70. The van der Waals surface area contributed by atoms with Gasteiger partial charge in [0.15, 0.2) is 4.71 Å². The fourth-order valence-electron chi connectivity index (χ4n) is 2.42. The fourth-order valence-corrected chi connectivity index (χ4v) is 2.61. The zero-order chi connectivity index (χ0) is 17.9. The van der Waals surface area contributed by atoms with Crippen molar-refractivity contribution in [3.8, 4) is 0 Å². The maximum Gasteiger partial charge on any atom is 0.192 e. The summed E-state index contributed by atoms with van der Waals surface area (Å²) in [7, 11) is 1.73. The maximum atomic E-state index is 9.17. The normalized spacial score (nSPS) is 10.2. The van der Waals surface area contributed by atoms with Gasteiger partial charge in [0, 0.05) is 44.7 Å². The molecule has 0 unspecified atom stereocenters. The predicted octanol–water partition coefficient (Wildman–Crippen LogP) is 4.93. The summed E-state index contributed by atoms with van der Waals surface area (Å²) >= 11 is 5.27. The molecule has 1 aromatic carbocycles. The van der Waals surface area contributed by atoms with E-state index in [-0.39, 0.29) is 0 Å². The van der Waals surface area contributed by atoms with E-state index in [1.165, 1.54) is 0 Å². The lowest BCUT2D eigenvalue weighted by Crippen LogP contribution is -2.25.